The molecule has 18 nitrogen and oxygen atoms in total. The van der Waals surface area contributed by atoms with E-state index in [-0.39, 0.29) is 12.8 Å². The number of carbonyl (C=O) groups is 8. The molecule has 12 N–H and O–H groups in total. The number of aliphatic hydroxyl groups is 1. The van der Waals surface area contributed by atoms with E-state index in [0.717, 1.165) is 12.5 Å². The van der Waals surface area contributed by atoms with E-state index in [1.165, 1.54) is 0 Å². The van der Waals surface area contributed by atoms with Crippen LogP contribution in [-0.2, 0) is 51.2 Å². The Balaban J connectivity index is 2.33. The molecule has 2 rings (SSSR count). The molecule has 2 aromatic carbocycles. The van der Waals surface area contributed by atoms with Crippen molar-refractivity contribution in [1.29, 1.82) is 0 Å². The Kier molecular flexibility index (Phi) is 18.4. The second-order valence-electron chi connectivity index (χ2n) is 13.2. The molecular formula is C37H51N7O11. The van der Waals surface area contributed by atoms with Crippen LogP contribution in [0.4, 0.5) is 0 Å². The average Bonchev–Trinajstić information content (AvgIpc) is 3.13. The van der Waals surface area contributed by atoms with Crippen molar-refractivity contribution < 1.29 is 53.7 Å². The predicted molar refractivity (Wildman–Crippen MR) is 197 cm³/mol. The van der Waals surface area contributed by atoms with Gasteiger partial charge in [0.05, 0.1) is 18.6 Å². The summed E-state index contributed by atoms with van der Waals surface area (Å²) < 4.78 is 0. The summed E-state index contributed by atoms with van der Waals surface area (Å²) >= 11 is 0. The molecule has 0 aliphatic heterocycles. The zero-order valence-electron chi connectivity index (χ0n) is 30.9. The summed E-state index contributed by atoms with van der Waals surface area (Å²) in [5.41, 5.74) is 12.9. The van der Waals surface area contributed by atoms with E-state index in [1.807, 2.05) is 0 Å². The zero-order chi connectivity index (χ0) is 41.2. The summed E-state index contributed by atoms with van der Waals surface area (Å²) in [6.45, 7) is 4.42. The summed E-state index contributed by atoms with van der Waals surface area (Å²) in [7, 11) is 0. The van der Waals surface area contributed by atoms with Gasteiger partial charge >= 0.3 is 11.9 Å². The molecule has 2 aromatic rings. The Hall–Kier alpha value is -5.88. The second kappa shape index (κ2) is 22.4. The Morgan fingerprint density at radius 2 is 1.11 bits per heavy atom. The average molecular weight is 770 g/mol. The van der Waals surface area contributed by atoms with Gasteiger partial charge in [0.1, 0.15) is 30.2 Å². The summed E-state index contributed by atoms with van der Waals surface area (Å²) in [4.78, 5) is 102. The minimum absolute atomic E-state index is 0.0565. The minimum atomic E-state index is -1.80. The Labute approximate surface area is 318 Å². The molecule has 55 heavy (non-hydrogen) atoms. The van der Waals surface area contributed by atoms with Crippen LogP contribution in [0, 0.1) is 5.92 Å². The normalized spacial score (nSPS) is 15.3. The molecule has 0 aromatic heterocycles. The first kappa shape index (κ1) is 45.3. The minimum Gasteiger partial charge on any atom is -0.481 e. The third-order valence-corrected chi connectivity index (χ3v) is 8.71. The van der Waals surface area contributed by atoms with E-state index < -0.39 is 115 Å². The second-order valence-corrected chi connectivity index (χ2v) is 13.2. The van der Waals surface area contributed by atoms with Gasteiger partial charge in [-0.2, -0.15) is 0 Å². The lowest BCUT2D eigenvalue weighted by Gasteiger charge is -2.28. The van der Waals surface area contributed by atoms with Gasteiger partial charge in [-0.1, -0.05) is 80.9 Å². The van der Waals surface area contributed by atoms with Crippen molar-refractivity contribution in [2.75, 3.05) is 0 Å². The number of carbonyl (C=O) groups excluding carboxylic acids is 6. The van der Waals surface area contributed by atoms with Crippen molar-refractivity contribution in [2.24, 2.45) is 17.4 Å². The van der Waals surface area contributed by atoms with Crippen molar-refractivity contribution in [1.82, 2.24) is 26.6 Å². The number of carboxylic acids is 2. The maximum atomic E-state index is 13.8. The van der Waals surface area contributed by atoms with Crippen LogP contribution in [-0.4, -0.2) is 105 Å². The topological polar surface area (TPSA) is 309 Å². The van der Waals surface area contributed by atoms with E-state index in [1.54, 1.807) is 74.5 Å². The highest BCUT2D eigenvalue weighted by Gasteiger charge is 2.36. The molecule has 0 aliphatic carbocycles. The number of benzene rings is 2. The van der Waals surface area contributed by atoms with Gasteiger partial charge in [-0.3, -0.25) is 33.6 Å². The van der Waals surface area contributed by atoms with Gasteiger partial charge in [0.15, 0.2) is 0 Å². The van der Waals surface area contributed by atoms with Crippen LogP contribution in [0.1, 0.15) is 57.6 Å². The monoisotopic (exact) mass is 769 g/mol. The Bertz CT molecular complexity index is 1640. The number of carboxylic acid groups (broad SMARTS) is 2. The zero-order valence-corrected chi connectivity index (χ0v) is 30.9. The lowest BCUT2D eigenvalue weighted by molar-refractivity contribution is -0.144. The highest BCUT2D eigenvalue weighted by Crippen LogP contribution is 2.11. The molecule has 0 unspecified atom stereocenters. The summed E-state index contributed by atoms with van der Waals surface area (Å²) in [6, 6.07) is 8.55. The fraction of sp³-hybridized carbons (Fsp3) is 0.459. The van der Waals surface area contributed by atoms with Gasteiger partial charge in [-0.25, -0.2) is 4.79 Å². The van der Waals surface area contributed by atoms with E-state index in [2.05, 4.69) is 26.6 Å². The fourth-order valence-corrected chi connectivity index (χ4v) is 5.38. The first-order chi connectivity index (χ1) is 25.9. The molecule has 6 amide bonds. The molecule has 0 heterocycles. The van der Waals surface area contributed by atoms with E-state index in [0.29, 0.717) is 12.0 Å². The smallest absolute Gasteiger partial charge is 0.326 e. The summed E-state index contributed by atoms with van der Waals surface area (Å²) in [5, 5.41) is 41.0. The van der Waals surface area contributed by atoms with Gasteiger partial charge in [0, 0.05) is 12.8 Å². The highest BCUT2D eigenvalue weighted by atomic mass is 16.4. The van der Waals surface area contributed by atoms with Crippen molar-refractivity contribution >= 4 is 47.4 Å². The Morgan fingerprint density at radius 1 is 0.636 bits per heavy atom. The standard InChI is InChI=1S/C37H51N7O11/c1-4-20(2)30(37(54)55)43-36(53)31(21(3)45)44-35(52)27(19-28(39)46)42-33(50)25(15-16-29(47)48)40-34(51)26(18-23-13-9-6-10-14-23)41-32(49)24(38)17-22-11-7-5-8-12-22/h5-14,20-21,24-27,30-31,45H,4,15-19,38H2,1-3H3,(H2,39,46)(H,40,51)(H,41,49)(H,42,50)(H,43,53)(H,44,52)(H,47,48)(H,54,55)/t20-,21+,24-,25-,26-,27-,30-,31-/m0/s1. The van der Waals surface area contributed by atoms with Crippen molar-refractivity contribution in [3.05, 3.63) is 71.8 Å². The lowest BCUT2D eigenvalue weighted by Crippen LogP contribution is -2.61. The molecular weight excluding hydrogens is 718 g/mol. The largest absolute Gasteiger partial charge is 0.481 e. The predicted octanol–water partition coefficient (Wildman–Crippen LogP) is -1.53. The van der Waals surface area contributed by atoms with Gasteiger partial charge in [0.2, 0.25) is 35.4 Å². The maximum absolute atomic E-state index is 13.8. The SMILES string of the molecule is CC[C@H](C)[C@H](NC(=O)[C@@H](NC(=O)[C@H](CC(N)=O)NC(=O)[C@H](CCC(=O)O)NC(=O)[C@H](Cc1ccccc1)NC(=O)[C@@H](N)Cc1ccccc1)[C@@H](C)O)C(=O)O. The molecule has 0 saturated heterocycles. The summed E-state index contributed by atoms with van der Waals surface area (Å²) in [5.74, 6) is -9.25. The molecule has 8 atom stereocenters. The molecule has 0 aliphatic rings. The molecule has 0 bridgehead atoms. The van der Waals surface area contributed by atoms with Crippen molar-refractivity contribution in [2.45, 2.75) is 102 Å². The Morgan fingerprint density at radius 3 is 1.60 bits per heavy atom. The summed E-state index contributed by atoms with van der Waals surface area (Å²) in [6.07, 6.45) is -3.08. The number of nitrogens with two attached hydrogens (primary N) is 2. The number of hydrogen-bond donors (Lipinski definition) is 10. The van der Waals surface area contributed by atoms with Gasteiger partial charge in [0.25, 0.3) is 0 Å². The highest BCUT2D eigenvalue weighted by molar-refractivity contribution is 5.98. The van der Waals surface area contributed by atoms with Crippen LogP contribution < -0.4 is 38.1 Å². The number of nitrogens with one attached hydrogen (secondary N) is 5. The first-order valence-electron chi connectivity index (χ1n) is 17.7. The third kappa shape index (κ3) is 15.6. The van der Waals surface area contributed by atoms with Crippen LogP contribution >= 0.6 is 0 Å². The van der Waals surface area contributed by atoms with Gasteiger partial charge in [-0.05, 0) is 36.8 Å². The van der Waals surface area contributed by atoms with Crippen LogP contribution in [0.25, 0.3) is 0 Å². The maximum Gasteiger partial charge on any atom is 0.326 e. The quantitative estimate of drug-likeness (QED) is 0.0616. The molecule has 18 heteroatoms. The first-order valence-corrected chi connectivity index (χ1v) is 17.7. The number of aliphatic hydroxyl groups excluding tert-OH is 1. The third-order valence-electron chi connectivity index (χ3n) is 8.71. The van der Waals surface area contributed by atoms with Crippen LogP contribution in [0.5, 0.6) is 0 Å². The lowest BCUT2D eigenvalue weighted by atomic mass is 9.98. The van der Waals surface area contributed by atoms with Crippen LogP contribution in [0.15, 0.2) is 60.7 Å². The number of primary amides is 1. The molecule has 0 saturated carbocycles. The molecule has 0 radical (unpaired) electrons. The van der Waals surface area contributed by atoms with E-state index in [9.17, 15) is 53.7 Å². The number of aliphatic carboxylic acids is 2. The fourth-order valence-electron chi connectivity index (χ4n) is 5.38. The van der Waals surface area contributed by atoms with Crippen molar-refractivity contribution in [3.63, 3.8) is 0 Å². The van der Waals surface area contributed by atoms with Gasteiger partial charge in [-0.15, -0.1) is 0 Å². The van der Waals surface area contributed by atoms with E-state index in [4.69, 9.17) is 11.5 Å². The van der Waals surface area contributed by atoms with Crippen molar-refractivity contribution in [3.8, 4) is 0 Å². The molecule has 0 spiro atoms. The molecule has 300 valence electrons. The number of amides is 6. The van der Waals surface area contributed by atoms with E-state index >= 15 is 0 Å². The number of hydrogen-bond acceptors (Lipinski definition) is 10. The van der Waals surface area contributed by atoms with Crippen LogP contribution in [0.2, 0.25) is 0 Å². The molecule has 0 fully saturated rings. The number of rotatable bonds is 23. The van der Waals surface area contributed by atoms with Crippen LogP contribution in [0.3, 0.4) is 0 Å². The van der Waals surface area contributed by atoms with Gasteiger partial charge < -0.3 is 53.4 Å².